The van der Waals surface area contributed by atoms with Gasteiger partial charge in [-0.25, -0.2) is 0 Å². The highest BCUT2D eigenvalue weighted by Crippen LogP contribution is 2.19. The molecule has 0 saturated heterocycles. The van der Waals surface area contributed by atoms with Crippen LogP contribution < -0.4 is 5.32 Å². The second kappa shape index (κ2) is 8.97. The van der Waals surface area contributed by atoms with E-state index in [2.05, 4.69) is 12.2 Å². The Labute approximate surface area is 99.9 Å². The van der Waals surface area contributed by atoms with Crippen LogP contribution in [-0.4, -0.2) is 39.5 Å². The Morgan fingerprint density at radius 3 is 2.69 bits per heavy atom. The molecule has 16 heavy (non-hydrogen) atoms. The van der Waals surface area contributed by atoms with Crippen LogP contribution in [0.4, 0.5) is 0 Å². The third kappa shape index (κ3) is 8.08. The molecule has 1 fully saturated rings. The predicted octanol–water partition coefficient (Wildman–Crippen LogP) is 2.21. The molecule has 1 atom stereocenters. The summed E-state index contributed by atoms with van der Waals surface area (Å²) in [7, 11) is 1.71. The van der Waals surface area contributed by atoms with Crippen LogP contribution in [-0.2, 0) is 9.47 Å². The number of nitrogens with one attached hydrogen (secondary N) is 1. The van der Waals surface area contributed by atoms with Gasteiger partial charge >= 0.3 is 0 Å². The van der Waals surface area contributed by atoms with Crippen molar-refractivity contribution >= 4 is 0 Å². The zero-order valence-electron chi connectivity index (χ0n) is 10.8. The van der Waals surface area contributed by atoms with E-state index < -0.39 is 0 Å². The minimum Gasteiger partial charge on any atom is -0.382 e. The van der Waals surface area contributed by atoms with E-state index in [9.17, 15) is 0 Å². The molecule has 0 aromatic carbocycles. The highest BCUT2D eigenvalue weighted by atomic mass is 16.5. The van der Waals surface area contributed by atoms with E-state index in [0.29, 0.717) is 6.61 Å². The molecule has 0 spiro atoms. The molecular weight excluding hydrogens is 202 g/mol. The van der Waals surface area contributed by atoms with Crippen molar-refractivity contribution < 1.29 is 9.47 Å². The van der Waals surface area contributed by atoms with Gasteiger partial charge in [0.2, 0.25) is 0 Å². The lowest BCUT2D eigenvalue weighted by molar-refractivity contribution is 0.0682. The van der Waals surface area contributed by atoms with Gasteiger partial charge in [-0.1, -0.05) is 13.3 Å². The minimum atomic E-state index is 0.710. The molecule has 0 radical (unpaired) electrons. The molecule has 1 N–H and O–H groups in total. The Morgan fingerprint density at radius 1 is 1.19 bits per heavy atom. The van der Waals surface area contributed by atoms with Gasteiger partial charge in [-0.3, -0.25) is 0 Å². The van der Waals surface area contributed by atoms with E-state index in [-0.39, 0.29) is 0 Å². The Morgan fingerprint density at radius 2 is 2.00 bits per heavy atom. The van der Waals surface area contributed by atoms with Crippen molar-refractivity contribution in [2.45, 2.75) is 45.1 Å². The molecule has 1 aliphatic rings. The van der Waals surface area contributed by atoms with Gasteiger partial charge in [0.1, 0.15) is 0 Å². The average molecular weight is 229 g/mol. The van der Waals surface area contributed by atoms with Crippen molar-refractivity contribution in [1.29, 1.82) is 0 Å². The van der Waals surface area contributed by atoms with E-state index >= 15 is 0 Å². The van der Waals surface area contributed by atoms with Crippen LogP contribution in [0.5, 0.6) is 0 Å². The maximum absolute atomic E-state index is 5.42. The summed E-state index contributed by atoms with van der Waals surface area (Å²) in [6.07, 6.45) is 6.55. The third-order valence-electron chi connectivity index (χ3n) is 3.00. The summed E-state index contributed by atoms with van der Waals surface area (Å²) in [4.78, 5) is 0. The second-order valence-electron chi connectivity index (χ2n) is 4.89. The number of hydrogen-bond acceptors (Lipinski definition) is 3. The fourth-order valence-electron chi connectivity index (χ4n) is 1.70. The molecule has 3 nitrogen and oxygen atoms in total. The quantitative estimate of drug-likeness (QED) is 0.551. The number of hydrogen-bond donors (Lipinski definition) is 1. The highest BCUT2D eigenvalue weighted by molar-refractivity contribution is 4.81. The third-order valence-corrected chi connectivity index (χ3v) is 3.00. The van der Waals surface area contributed by atoms with Gasteiger partial charge < -0.3 is 14.8 Å². The van der Waals surface area contributed by atoms with Gasteiger partial charge in [-0.15, -0.1) is 0 Å². The van der Waals surface area contributed by atoms with Gasteiger partial charge in [0.15, 0.2) is 0 Å². The molecule has 1 rings (SSSR count). The molecule has 96 valence electrons. The zero-order chi connectivity index (χ0) is 11.6. The van der Waals surface area contributed by atoms with Crippen molar-refractivity contribution in [2.75, 3.05) is 33.5 Å². The molecule has 0 aromatic rings. The summed E-state index contributed by atoms with van der Waals surface area (Å²) in [6, 6.07) is 0.847. The second-order valence-corrected chi connectivity index (χ2v) is 4.89. The van der Waals surface area contributed by atoms with E-state index in [1.54, 1.807) is 7.11 Å². The Hall–Kier alpha value is -0.120. The van der Waals surface area contributed by atoms with E-state index in [1.807, 2.05) is 0 Å². The summed E-state index contributed by atoms with van der Waals surface area (Å²) in [6.45, 7) is 5.85. The number of rotatable bonds is 11. The molecule has 0 heterocycles. The van der Waals surface area contributed by atoms with Crippen molar-refractivity contribution in [1.82, 2.24) is 5.32 Å². The van der Waals surface area contributed by atoms with E-state index in [4.69, 9.17) is 9.47 Å². The van der Waals surface area contributed by atoms with Crippen LogP contribution in [0.15, 0.2) is 0 Å². The van der Waals surface area contributed by atoms with Crippen LogP contribution in [0.1, 0.15) is 39.0 Å². The summed E-state index contributed by atoms with van der Waals surface area (Å²) in [5.74, 6) is 0.805. The first-order chi connectivity index (χ1) is 7.83. The number of methoxy groups -OCH3 is 1. The monoisotopic (exact) mass is 229 g/mol. The van der Waals surface area contributed by atoms with Crippen LogP contribution in [0.25, 0.3) is 0 Å². The Kier molecular flexibility index (Phi) is 7.81. The zero-order valence-corrected chi connectivity index (χ0v) is 10.8. The largest absolute Gasteiger partial charge is 0.382 e. The van der Waals surface area contributed by atoms with Crippen LogP contribution in [0.3, 0.4) is 0 Å². The molecular formula is C13H27NO2. The van der Waals surface area contributed by atoms with Crippen molar-refractivity contribution in [3.8, 4) is 0 Å². The van der Waals surface area contributed by atoms with E-state index in [1.165, 1.54) is 38.6 Å². The summed E-state index contributed by atoms with van der Waals surface area (Å²) in [5.41, 5.74) is 0. The van der Waals surface area contributed by atoms with Gasteiger partial charge in [-0.2, -0.15) is 0 Å². The molecule has 3 heteroatoms. The topological polar surface area (TPSA) is 30.5 Å². The van der Waals surface area contributed by atoms with Gasteiger partial charge in [0, 0.05) is 19.8 Å². The summed E-state index contributed by atoms with van der Waals surface area (Å²) < 4.78 is 10.3. The van der Waals surface area contributed by atoms with Crippen molar-refractivity contribution in [3.63, 3.8) is 0 Å². The molecule has 0 aromatic heterocycles. The Balaban J connectivity index is 1.75. The molecule has 0 bridgehead atoms. The maximum atomic E-state index is 5.42. The van der Waals surface area contributed by atoms with Crippen molar-refractivity contribution in [2.24, 2.45) is 5.92 Å². The lowest BCUT2D eigenvalue weighted by atomic mass is 10.0. The fourth-order valence-corrected chi connectivity index (χ4v) is 1.70. The smallest absolute Gasteiger partial charge is 0.0700 e. The molecule has 0 aliphatic heterocycles. The number of unbranched alkanes of at least 4 members (excludes halogenated alkanes) is 1. The molecule has 1 unspecified atom stereocenters. The normalized spacial score (nSPS) is 17.6. The Bertz CT molecular complexity index is 160. The van der Waals surface area contributed by atoms with Crippen LogP contribution in [0.2, 0.25) is 0 Å². The first-order valence-corrected chi connectivity index (χ1v) is 6.63. The predicted molar refractivity (Wildman–Crippen MR) is 66.7 cm³/mol. The standard InChI is InChI=1S/C13H27NO2/c1-12(11-14-13-6-7-13)5-3-4-8-16-10-9-15-2/h12-14H,3-11H2,1-2H3. The number of ether oxygens (including phenoxy) is 2. The first-order valence-electron chi connectivity index (χ1n) is 6.63. The molecule has 1 aliphatic carbocycles. The lowest BCUT2D eigenvalue weighted by Gasteiger charge is -2.11. The fraction of sp³-hybridized carbons (Fsp3) is 1.00. The van der Waals surface area contributed by atoms with Crippen LogP contribution in [0, 0.1) is 5.92 Å². The molecule has 1 saturated carbocycles. The maximum Gasteiger partial charge on any atom is 0.0700 e. The van der Waals surface area contributed by atoms with Gasteiger partial charge in [0.25, 0.3) is 0 Å². The average Bonchev–Trinajstić information content (AvgIpc) is 3.09. The summed E-state index contributed by atoms with van der Waals surface area (Å²) in [5, 5.41) is 3.58. The minimum absolute atomic E-state index is 0.710. The summed E-state index contributed by atoms with van der Waals surface area (Å²) >= 11 is 0. The SMILES string of the molecule is COCCOCCCCC(C)CNC1CC1. The first kappa shape index (κ1) is 13.9. The van der Waals surface area contributed by atoms with E-state index in [0.717, 1.165) is 25.2 Å². The van der Waals surface area contributed by atoms with Crippen molar-refractivity contribution in [3.05, 3.63) is 0 Å². The molecule has 0 amide bonds. The van der Waals surface area contributed by atoms with Gasteiger partial charge in [0.05, 0.1) is 13.2 Å². The lowest BCUT2D eigenvalue weighted by Crippen LogP contribution is -2.23. The van der Waals surface area contributed by atoms with Gasteiger partial charge in [-0.05, 0) is 38.1 Å². The van der Waals surface area contributed by atoms with Crippen LogP contribution >= 0.6 is 0 Å². The highest BCUT2D eigenvalue weighted by Gasteiger charge is 2.20.